The number of benzene rings is 1. The van der Waals surface area contributed by atoms with Crippen LogP contribution >= 0.6 is 0 Å². The Hall–Kier alpha value is -1.98. The lowest BCUT2D eigenvalue weighted by Crippen LogP contribution is -2.42. The molecule has 0 unspecified atom stereocenters. The van der Waals surface area contributed by atoms with Gasteiger partial charge in [-0.15, -0.1) is 0 Å². The van der Waals surface area contributed by atoms with Gasteiger partial charge in [0.1, 0.15) is 0 Å². The van der Waals surface area contributed by atoms with Gasteiger partial charge in [-0.1, -0.05) is 6.42 Å². The van der Waals surface area contributed by atoms with Crippen molar-refractivity contribution >= 4 is 5.97 Å². The Kier molecular flexibility index (Phi) is 2.55. The monoisotopic (exact) mass is 268 g/mol. The minimum absolute atomic E-state index is 0.0135. The first-order valence-corrected chi connectivity index (χ1v) is 6.00. The summed E-state index contributed by atoms with van der Waals surface area (Å²) >= 11 is 0. The van der Waals surface area contributed by atoms with Gasteiger partial charge in [-0.25, -0.2) is 0 Å². The van der Waals surface area contributed by atoms with Gasteiger partial charge in [0.25, 0.3) is 0 Å². The van der Waals surface area contributed by atoms with Crippen LogP contribution in [0.3, 0.4) is 0 Å². The standard InChI is InChI=1S/C13H13FO5/c1-17-10-7(13(12(15)16)3-2-4-13)5-8-11(9(10)14)19-6-18-8/h5H,2-4,6H2,1H3,(H,15,16). The van der Waals surface area contributed by atoms with Gasteiger partial charge in [-0.3, -0.25) is 4.79 Å². The molecule has 1 aliphatic heterocycles. The third-order valence-corrected chi connectivity index (χ3v) is 3.90. The van der Waals surface area contributed by atoms with Crippen molar-refractivity contribution in [1.82, 2.24) is 0 Å². The van der Waals surface area contributed by atoms with E-state index in [-0.39, 0.29) is 24.0 Å². The highest BCUT2D eigenvalue weighted by molar-refractivity contribution is 5.84. The maximum absolute atomic E-state index is 14.3. The second kappa shape index (κ2) is 4.01. The highest BCUT2D eigenvalue weighted by Crippen LogP contribution is 2.52. The maximum atomic E-state index is 14.3. The minimum atomic E-state index is -1.08. The molecule has 19 heavy (non-hydrogen) atoms. The second-order valence-corrected chi connectivity index (χ2v) is 4.75. The van der Waals surface area contributed by atoms with Crippen LogP contribution in [0.5, 0.6) is 17.2 Å². The molecular weight excluding hydrogens is 255 g/mol. The van der Waals surface area contributed by atoms with Gasteiger partial charge < -0.3 is 19.3 Å². The van der Waals surface area contributed by atoms with E-state index in [2.05, 4.69) is 0 Å². The van der Waals surface area contributed by atoms with Crippen LogP contribution in [0.4, 0.5) is 4.39 Å². The van der Waals surface area contributed by atoms with Gasteiger partial charge in [0, 0.05) is 5.56 Å². The number of halogens is 1. The Morgan fingerprint density at radius 1 is 1.47 bits per heavy atom. The van der Waals surface area contributed by atoms with E-state index in [1.54, 1.807) is 0 Å². The van der Waals surface area contributed by atoms with Gasteiger partial charge in [0.05, 0.1) is 12.5 Å². The molecule has 3 rings (SSSR count). The minimum Gasteiger partial charge on any atom is -0.493 e. The fourth-order valence-corrected chi connectivity index (χ4v) is 2.67. The number of ether oxygens (including phenoxy) is 3. The molecular formula is C13H13FO5. The molecule has 0 radical (unpaired) electrons. The van der Waals surface area contributed by atoms with Crippen LogP contribution < -0.4 is 14.2 Å². The molecule has 0 bridgehead atoms. The maximum Gasteiger partial charge on any atom is 0.314 e. The van der Waals surface area contributed by atoms with Crippen LogP contribution in [0.2, 0.25) is 0 Å². The Labute approximate surface area is 108 Å². The van der Waals surface area contributed by atoms with Crippen molar-refractivity contribution in [2.75, 3.05) is 13.9 Å². The van der Waals surface area contributed by atoms with Crippen LogP contribution in [0.15, 0.2) is 6.07 Å². The van der Waals surface area contributed by atoms with Crippen LogP contribution in [0, 0.1) is 5.82 Å². The zero-order chi connectivity index (χ0) is 13.6. The van der Waals surface area contributed by atoms with Crippen molar-refractivity contribution in [1.29, 1.82) is 0 Å². The highest BCUT2D eigenvalue weighted by Gasteiger charge is 2.49. The summed E-state index contributed by atoms with van der Waals surface area (Å²) in [4.78, 5) is 11.5. The van der Waals surface area contributed by atoms with E-state index in [4.69, 9.17) is 14.2 Å². The number of carbonyl (C=O) groups is 1. The molecule has 0 atom stereocenters. The third kappa shape index (κ3) is 1.49. The predicted octanol–water partition coefficient (Wildman–Crippen LogP) is 2.07. The molecule has 1 aromatic carbocycles. The number of hydrogen-bond acceptors (Lipinski definition) is 4. The normalized spacial score (nSPS) is 18.8. The molecule has 102 valence electrons. The molecule has 0 aromatic heterocycles. The number of carboxylic acid groups (broad SMARTS) is 1. The molecule has 1 fully saturated rings. The van der Waals surface area contributed by atoms with Gasteiger partial charge in [-0.2, -0.15) is 4.39 Å². The van der Waals surface area contributed by atoms with E-state index in [0.29, 0.717) is 18.4 Å². The molecule has 6 heteroatoms. The summed E-state index contributed by atoms with van der Waals surface area (Å²) in [5.41, 5.74) is -0.747. The zero-order valence-electron chi connectivity index (χ0n) is 10.4. The third-order valence-electron chi connectivity index (χ3n) is 3.90. The molecule has 0 amide bonds. The first-order chi connectivity index (χ1) is 9.10. The summed E-state index contributed by atoms with van der Waals surface area (Å²) in [5, 5.41) is 9.45. The van der Waals surface area contributed by atoms with Crippen molar-refractivity contribution in [3.63, 3.8) is 0 Å². The van der Waals surface area contributed by atoms with E-state index >= 15 is 0 Å². The summed E-state index contributed by atoms with van der Waals surface area (Å²) in [6.45, 7) is -0.0705. The Morgan fingerprint density at radius 2 is 2.21 bits per heavy atom. The molecule has 1 heterocycles. The molecule has 2 aliphatic rings. The average molecular weight is 268 g/mol. The summed E-state index contributed by atoms with van der Waals surface area (Å²) in [5.74, 6) is -1.50. The number of hydrogen-bond donors (Lipinski definition) is 1. The van der Waals surface area contributed by atoms with Crippen LogP contribution in [-0.4, -0.2) is 25.0 Å². The first-order valence-electron chi connectivity index (χ1n) is 6.00. The van der Waals surface area contributed by atoms with Crippen molar-refractivity contribution in [2.24, 2.45) is 0 Å². The predicted molar refractivity (Wildman–Crippen MR) is 62.2 cm³/mol. The molecule has 1 saturated carbocycles. The van der Waals surface area contributed by atoms with Crippen LogP contribution in [0.1, 0.15) is 24.8 Å². The molecule has 1 N–H and O–H groups in total. The first kappa shape index (κ1) is 12.1. The Bertz CT molecular complexity index is 550. The van der Waals surface area contributed by atoms with E-state index in [1.807, 2.05) is 0 Å². The smallest absolute Gasteiger partial charge is 0.314 e. The molecule has 1 aromatic rings. The van der Waals surface area contributed by atoms with E-state index in [9.17, 15) is 14.3 Å². The molecule has 0 saturated heterocycles. The van der Waals surface area contributed by atoms with Crippen molar-refractivity contribution in [2.45, 2.75) is 24.7 Å². The summed E-state index contributed by atoms with van der Waals surface area (Å²) < 4.78 is 29.5. The van der Waals surface area contributed by atoms with Crippen molar-refractivity contribution in [3.8, 4) is 17.2 Å². The van der Waals surface area contributed by atoms with E-state index in [0.717, 1.165) is 6.42 Å². The number of rotatable bonds is 3. The van der Waals surface area contributed by atoms with Gasteiger partial charge in [0.2, 0.25) is 18.4 Å². The van der Waals surface area contributed by atoms with Crippen LogP contribution in [-0.2, 0) is 10.2 Å². The van der Waals surface area contributed by atoms with Crippen molar-refractivity contribution in [3.05, 3.63) is 17.4 Å². The summed E-state index contributed by atoms with van der Waals surface area (Å²) in [6, 6.07) is 1.53. The van der Waals surface area contributed by atoms with E-state index < -0.39 is 17.2 Å². The number of carboxylic acids is 1. The fraction of sp³-hybridized carbons (Fsp3) is 0.462. The number of fused-ring (bicyclic) bond motifs is 1. The second-order valence-electron chi connectivity index (χ2n) is 4.75. The lowest BCUT2D eigenvalue weighted by molar-refractivity contribution is -0.147. The van der Waals surface area contributed by atoms with E-state index in [1.165, 1.54) is 13.2 Å². The molecule has 0 spiro atoms. The average Bonchev–Trinajstić information content (AvgIpc) is 2.76. The quantitative estimate of drug-likeness (QED) is 0.909. The Balaban J connectivity index is 2.21. The molecule has 1 aliphatic carbocycles. The summed E-state index contributed by atoms with van der Waals surface area (Å²) in [6.07, 6.45) is 1.74. The highest BCUT2D eigenvalue weighted by atomic mass is 19.1. The fourth-order valence-electron chi connectivity index (χ4n) is 2.67. The van der Waals surface area contributed by atoms with Crippen LogP contribution in [0.25, 0.3) is 0 Å². The SMILES string of the molecule is COc1c(C2(C(=O)O)CCC2)cc2c(c1F)OCO2. The zero-order valence-corrected chi connectivity index (χ0v) is 10.4. The topological polar surface area (TPSA) is 65.0 Å². The van der Waals surface area contributed by atoms with Gasteiger partial charge in [0.15, 0.2) is 11.5 Å². The summed E-state index contributed by atoms with van der Waals surface area (Å²) in [7, 11) is 1.32. The number of methoxy groups -OCH3 is 1. The van der Waals surface area contributed by atoms with Gasteiger partial charge >= 0.3 is 5.97 Å². The Morgan fingerprint density at radius 3 is 2.74 bits per heavy atom. The number of aliphatic carboxylic acids is 1. The lowest BCUT2D eigenvalue weighted by atomic mass is 9.64. The lowest BCUT2D eigenvalue weighted by Gasteiger charge is -2.38. The van der Waals surface area contributed by atoms with Crippen molar-refractivity contribution < 1.29 is 28.5 Å². The molecule has 5 nitrogen and oxygen atoms in total. The largest absolute Gasteiger partial charge is 0.493 e. The van der Waals surface area contributed by atoms with Gasteiger partial charge in [-0.05, 0) is 18.9 Å².